The van der Waals surface area contributed by atoms with Crippen molar-refractivity contribution in [3.63, 3.8) is 0 Å². The van der Waals surface area contributed by atoms with Crippen molar-refractivity contribution in [1.82, 2.24) is 9.97 Å². The SMILES string of the molecule is Cc1c(Cl)nc(C(C)(C)C)nc1-c1sccc1Br. The molecule has 0 aliphatic rings. The molecule has 0 radical (unpaired) electrons. The van der Waals surface area contributed by atoms with Gasteiger partial charge in [0.25, 0.3) is 0 Å². The molecule has 0 saturated heterocycles. The van der Waals surface area contributed by atoms with Crippen LogP contribution in [0.3, 0.4) is 0 Å². The number of thiophene rings is 1. The van der Waals surface area contributed by atoms with E-state index in [1.807, 2.05) is 18.4 Å². The number of hydrogen-bond donors (Lipinski definition) is 0. The molecule has 2 nitrogen and oxygen atoms in total. The van der Waals surface area contributed by atoms with Crippen LogP contribution in [0.15, 0.2) is 15.9 Å². The minimum absolute atomic E-state index is 0.115. The lowest BCUT2D eigenvalue weighted by molar-refractivity contribution is 0.545. The van der Waals surface area contributed by atoms with Gasteiger partial charge in [0.1, 0.15) is 11.0 Å². The second kappa shape index (κ2) is 4.91. The first-order valence-electron chi connectivity index (χ1n) is 5.58. The zero-order chi connectivity index (χ0) is 13.5. The van der Waals surface area contributed by atoms with Gasteiger partial charge in [-0.3, -0.25) is 0 Å². The molecule has 2 aromatic heterocycles. The quantitative estimate of drug-likeness (QED) is 0.662. The average Bonchev–Trinajstić information content (AvgIpc) is 2.67. The lowest BCUT2D eigenvalue weighted by Gasteiger charge is -2.18. The second-order valence-electron chi connectivity index (χ2n) is 5.16. The fourth-order valence-electron chi connectivity index (χ4n) is 1.51. The molecule has 0 fully saturated rings. The van der Waals surface area contributed by atoms with Gasteiger partial charge in [-0.05, 0) is 34.3 Å². The van der Waals surface area contributed by atoms with E-state index in [0.29, 0.717) is 5.15 Å². The molecule has 2 aromatic rings. The second-order valence-corrected chi connectivity index (χ2v) is 7.29. The Hall–Kier alpha value is -0.450. The van der Waals surface area contributed by atoms with E-state index in [-0.39, 0.29) is 5.41 Å². The van der Waals surface area contributed by atoms with Gasteiger partial charge in [-0.1, -0.05) is 32.4 Å². The molecule has 2 heterocycles. The maximum absolute atomic E-state index is 6.23. The van der Waals surface area contributed by atoms with Gasteiger partial charge < -0.3 is 0 Å². The highest BCUT2D eigenvalue weighted by Gasteiger charge is 2.22. The fraction of sp³-hybridized carbons (Fsp3) is 0.385. The maximum Gasteiger partial charge on any atom is 0.136 e. The standard InChI is InChI=1S/C13H14BrClN2S/c1-7-9(10-8(14)5-6-18-10)16-12(13(2,3)4)17-11(7)15/h5-6H,1-4H3. The molecule has 18 heavy (non-hydrogen) atoms. The number of halogens is 2. The van der Waals surface area contributed by atoms with Crippen molar-refractivity contribution < 1.29 is 0 Å². The molecule has 0 amide bonds. The van der Waals surface area contributed by atoms with Crippen LogP contribution in [-0.2, 0) is 5.41 Å². The van der Waals surface area contributed by atoms with E-state index in [0.717, 1.165) is 26.4 Å². The van der Waals surface area contributed by atoms with E-state index >= 15 is 0 Å². The molecule has 0 aliphatic carbocycles. The largest absolute Gasteiger partial charge is 0.231 e. The molecule has 0 spiro atoms. The number of nitrogens with zero attached hydrogens (tertiary/aromatic N) is 2. The summed E-state index contributed by atoms with van der Waals surface area (Å²) < 4.78 is 1.05. The van der Waals surface area contributed by atoms with Crippen LogP contribution in [0.1, 0.15) is 32.2 Å². The molecule has 0 unspecified atom stereocenters. The Labute approximate surface area is 125 Å². The predicted octanol–water partition coefficient (Wildman–Crippen LogP) is 5.23. The third-order valence-electron chi connectivity index (χ3n) is 2.59. The smallest absolute Gasteiger partial charge is 0.136 e. The number of hydrogen-bond acceptors (Lipinski definition) is 3. The van der Waals surface area contributed by atoms with Crippen LogP contribution in [0.4, 0.5) is 0 Å². The normalized spacial score (nSPS) is 11.9. The summed E-state index contributed by atoms with van der Waals surface area (Å²) >= 11 is 11.4. The summed E-state index contributed by atoms with van der Waals surface area (Å²) in [6, 6.07) is 2.02. The topological polar surface area (TPSA) is 25.8 Å². The van der Waals surface area contributed by atoms with Crippen LogP contribution in [0, 0.1) is 6.92 Å². The molecule has 5 heteroatoms. The first-order valence-corrected chi connectivity index (χ1v) is 7.63. The van der Waals surface area contributed by atoms with Crippen molar-refractivity contribution in [2.75, 3.05) is 0 Å². The van der Waals surface area contributed by atoms with Gasteiger partial charge in [0, 0.05) is 15.5 Å². The third-order valence-corrected chi connectivity index (χ3v) is 4.80. The predicted molar refractivity (Wildman–Crippen MR) is 81.5 cm³/mol. The maximum atomic E-state index is 6.23. The first-order chi connectivity index (χ1) is 8.30. The van der Waals surface area contributed by atoms with E-state index in [2.05, 4.69) is 41.7 Å². The third kappa shape index (κ3) is 2.60. The van der Waals surface area contributed by atoms with Crippen molar-refractivity contribution >= 4 is 38.9 Å². The highest BCUT2D eigenvalue weighted by Crippen LogP contribution is 2.36. The van der Waals surface area contributed by atoms with Gasteiger partial charge in [0.05, 0.1) is 10.6 Å². The Morgan fingerprint density at radius 2 is 1.94 bits per heavy atom. The minimum atomic E-state index is -0.115. The number of aromatic nitrogens is 2. The summed E-state index contributed by atoms with van der Waals surface area (Å²) in [6.45, 7) is 8.21. The van der Waals surface area contributed by atoms with Crippen molar-refractivity contribution in [3.8, 4) is 10.6 Å². The van der Waals surface area contributed by atoms with Gasteiger partial charge in [-0.25, -0.2) is 9.97 Å². The van der Waals surface area contributed by atoms with E-state index < -0.39 is 0 Å². The van der Waals surface area contributed by atoms with E-state index in [1.165, 1.54) is 0 Å². The van der Waals surface area contributed by atoms with Crippen LogP contribution in [0.2, 0.25) is 5.15 Å². The molecule has 0 N–H and O–H groups in total. The monoisotopic (exact) mass is 344 g/mol. The summed E-state index contributed by atoms with van der Waals surface area (Å²) in [5, 5.41) is 2.57. The Bertz CT molecular complexity index is 587. The lowest BCUT2D eigenvalue weighted by Crippen LogP contribution is -2.17. The van der Waals surface area contributed by atoms with Crippen LogP contribution in [0.25, 0.3) is 10.6 Å². The highest BCUT2D eigenvalue weighted by molar-refractivity contribution is 9.10. The summed E-state index contributed by atoms with van der Waals surface area (Å²) in [7, 11) is 0. The van der Waals surface area contributed by atoms with Crippen molar-refractivity contribution in [3.05, 3.63) is 32.5 Å². The van der Waals surface area contributed by atoms with Crippen molar-refractivity contribution in [2.24, 2.45) is 0 Å². The molecule has 0 saturated carbocycles. The molecule has 0 aromatic carbocycles. The highest BCUT2D eigenvalue weighted by atomic mass is 79.9. The minimum Gasteiger partial charge on any atom is -0.231 e. The van der Waals surface area contributed by atoms with Gasteiger partial charge in [0.2, 0.25) is 0 Å². The molecule has 2 rings (SSSR count). The van der Waals surface area contributed by atoms with Gasteiger partial charge >= 0.3 is 0 Å². The van der Waals surface area contributed by atoms with Gasteiger partial charge in [-0.15, -0.1) is 11.3 Å². The van der Waals surface area contributed by atoms with Crippen molar-refractivity contribution in [1.29, 1.82) is 0 Å². The fourth-order valence-corrected chi connectivity index (χ4v) is 3.28. The molecular weight excluding hydrogens is 332 g/mol. The Balaban J connectivity index is 2.68. The Morgan fingerprint density at radius 1 is 1.28 bits per heavy atom. The lowest BCUT2D eigenvalue weighted by atomic mass is 9.95. The molecule has 0 bridgehead atoms. The number of rotatable bonds is 1. The summed E-state index contributed by atoms with van der Waals surface area (Å²) in [6.07, 6.45) is 0. The average molecular weight is 346 g/mol. The zero-order valence-corrected chi connectivity index (χ0v) is 13.9. The zero-order valence-electron chi connectivity index (χ0n) is 10.7. The van der Waals surface area contributed by atoms with Crippen molar-refractivity contribution in [2.45, 2.75) is 33.1 Å². The van der Waals surface area contributed by atoms with Crippen LogP contribution < -0.4 is 0 Å². The van der Waals surface area contributed by atoms with E-state index in [9.17, 15) is 0 Å². The summed E-state index contributed by atoms with van der Waals surface area (Å²) in [4.78, 5) is 10.2. The Kier molecular flexibility index (Phi) is 3.81. The van der Waals surface area contributed by atoms with Crippen LogP contribution in [-0.4, -0.2) is 9.97 Å². The summed E-state index contributed by atoms with van der Waals surface area (Å²) in [5.41, 5.74) is 1.73. The van der Waals surface area contributed by atoms with Gasteiger partial charge in [-0.2, -0.15) is 0 Å². The molecule has 96 valence electrons. The molecule has 0 atom stereocenters. The van der Waals surface area contributed by atoms with Crippen LogP contribution in [0.5, 0.6) is 0 Å². The Morgan fingerprint density at radius 3 is 2.44 bits per heavy atom. The molecular formula is C13H14BrClN2S. The van der Waals surface area contributed by atoms with Gasteiger partial charge in [0.15, 0.2) is 0 Å². The molecule has 0 aliphatic heterocycles. The first kappa shape index (κ1) is 14.0. The van der Waals surface area contributed by atoms with E-state index in [4.69, 9.17) is 16.6 Å². The summed E-state index contributed by atoms with van der Waals surface area (Å²) in [5.74, 6) is 0.772. The van der Waals surface area contributed by atoms with E-state index in [1.54, 1.807) is 11.3 Å². The van der Waals surface area contributed by atoms with Crippen LogP contribution >= 0.6 is 38.9 Å².